The van der Waals surface area contributed by atoms with E-state index in [2.05, 4.69) is 106 Å². The molecule has 1 saturated heterocycles. The first kappa shape index (κ1) is 26.5. The van der Waals surface area contributed by atoms with E-state index in [9.17, 15) is 5.02 Å². The van der Waals surface area contributed by atoms with E-state index in [1.54, 1.807) is 0 Å². The van der Waals surface area contributed by atoms with Gasteiger partial charge >= 0.3 is 14.0 Å². The Hall–Kier alpha value is -4.07. The third-order valence-electron chi connectivity index (χ3n) is 10.5. The number of hydrogen-bond acceptors (Lipinski definition) is 3. The predicted octanol–water partition coefficient (Wildman–Crippen LogP) is 6.72. The molecule has 1 fully saturated rings. The minimum atomic E-state index is -0.848. The lowest BCUT2D eigenvalue weighted by Gasteiger charge is -2.55. The van der Waals surface area contributed by atoms with Crippen LogP contribution in [0.5, 0.6) is 0 Å². The van der Waals surface area contributed by atoms with E-state index in [1.165, 1.54) is 0 Å². The zero-order chi connectivity index (χ0) is 29.6. The minimum Gasteiger partial charge on any atom is -0.445 e. The Labute approximate surface area is 254 Å². The third kappa shape index (κ3) is 3.29. The summed E-state index contributed by atoms with van der Waals surface area (Å²) in [6, 6.07) is 37.4. The van der Waals surface area contributed by atoms with Crippen molar-refractivity contribution in [3.05, 3.63) is 160 Å². The highest BCUT2D eigenvalue weighted by atomic mass is 16.7. The maximum atomic E-state index is 12.6. The molecule has 0 unspecified atom stereocenters. The lowest BCUT2D eigenvalue weighted by Crippen LogP contribution is -2.61. The largest absolute Gasteiger partial charge is 0.479 e. The highest BCUT2D eigenvalue weighted by Gasteiger charge is 2.72. The summed E-state index contributed by atoms with van der Waals surface area (Å²) in [4.78, 5) is 0. The molecule has 0 saturated carbocycles. The molecule has 2 heterocycles. The fraction of sp³-hybridized carbons (Fsp3) is 0.211. The van der Waals surface area contributed by atoms with Crippen LogP contribution >= 0.6 is 0 Å². The molecule has 9 rings (SSSR count). The van der Waals surface area contributed by atoms with Gasteiger partial charge in [-0.1, -0.05) is 115 Å². The van der Waals surface area contributed by atoms with Crippen LogP contribution in [0.15, 0.2) is 126 Å². The highest BCUT2D eigenvalue weighted by Crippen LogP contribution is 2.67. The van der Waals surface area contributed by atoms with Crippen molar-refractivity contribution in [1.29, 1.82) is 0 Å². The van der Waals surface area contributed by atoms with Crippen LogP contribution in [-0.2, 0) is 19.9 Å². The van der Waals surface area contributed by atoms with E-state index in [0.717, 1.165) is 50.0 Å². The van der Waals surface area contributed by atoms with E-state index in [4.69, 9.17) is 9.31 Å². The Morgan fingerprint density at radius 2 is 1.05 bits per heavy atom. The van der Waals surface area contributed by atoms with Crippen LogP contribution in [-0.4, -0.2) is 30.3 Å². The van der Waals surface area contributed by atoms with Crippen molar-refractivity contribution < 1.29 is 14.3 Å². The van der Waals surface area contributed by atoms with Gasteiger partial charge in [0.15, 0.2) is 0 Å². The van der Waals surface area contributed by atoms with Crippen molar-refractivity contribution >= 4 is 19.5 Å². The fourth-order valence-corrected chi connectivity index (χ4v) is 7.78. The van der Waals surface area contributed by atoms with Gasteiger partial charge in [0.25, 0.3) is 0 Å². The second kappa shape index (κ2) is 8.97. The zero-order valence-corrected chi connectivity index (χ0v) is 24.9. The maximum absolute atomic E-state index is 12.6. The highest BCUT2D eigenvalue weighted by molar-refractivity contribution is 6.79. The molecule has 43 heavy (non-hydrogen) atoms. The maximum Gasteiger partial charge on any atom is 0.479 e. The molecule has 0 amide bonds. The molecular weight excluding hydrogens is 526 g/mol. The first-order chi connectivity index (χ1) is 20.7. The SMILES string of the molecule is CC1(C)OB(C23C(C#Cc4ccccc4)=C4C=C(c5ccccc5)B(O)C4(c4ccccc42)c2ccccc23)OC1(C)C. The van der Waals surface area contributed by atoms with Gasteiger partial charge in [0, 0.05) is 11.1 Å². The molecule has 5 heteroatoms. The second-order valence-corrected chi connectivity index (χ2v) is 13.1. The van der Waals surface area contributed by atoms with E-state index < -0.39 is 35.9 Å². The molecule has 3 aliphatic carbocycles. The summed E-state index contributed by atoms with van der Waals surface area (Å²) in [6.07, 6.45) is 2.20. The summed E-state index contributed by atoms with van der Waals surface area (Å²) >= 11 is 0. The summed E-state index contributed by atoms with van der Waals surface area (Å²) < 4.78 is 14.0. The van der Waals surface area contributed by atoms with Crippen molar-refractivity contribution in [3.63, 3.8) is 0 Å². The molecule has 208 valence electrons. The van der Waals surface area contributed by atoms with Crippen molar-refractivity contribution in [2.45, 2.75) is 49.5 Å². The number of rotatable bonds is 2. The molecule has 5 aliphatic rings. The van der Waals surface area contributed by atoms with Gasteiger partial charge < -0.3 is 14.3 Å². The molecule has 1 N–H and O–H groups in total. The molecule has 3 nitrogen and oxygen atoms in total. The van der Waals surface area contributed by atoms with Gasteiger partial charge in [0.05, 0.1) is 21.8 Å². The van der Waals surface area contributed by atoms with Crippen LogP contribution in [0.3, 0.4) is 0 Å². The molecule has 4 aromatic carbocycles. The van der Waals surface area contributed by atoms with Crippen LogP contribution in [0.1, 0.15) is 61.1 Å². The first-order valence-electron chi connectivity index (χ1n) is 15.1. The average molecular weight is 558 g/mol. The lowest BCUT2D eigenvalue weighted by molar-refractivity contribution is 0.00578. The molecule has 0 radical (unpaired) electrons. The minimum absolute atomic E-state index is 0.550. The molecule has 4 aromatic rings. The standard InChI is InChI=1S/C38H32B2O3/c1-35(2)36(3,4)43-40(42-35)38-30-21-13-11-19-28(30)37(29-20-12-14-22-31(29)38)33(32(38)24-23-26-15-7-5-8-16-26)25-34(39(37)41)27-17-9-6-10-18-27/h5-22,25,41H,1-4H3. The Morgan fingerprint density at radius 3 is 1.58 bits per heavy atom. The summed E-state index contributed by atoms with van der Waals surface area (Å²) in [5.41, 5.74) is 8.00. The van der Waals surface area contributed by atoms with Gasteiger partial charge in [-0.3, -0.25) is 0 Å². The zero-order valence-electron chi connectivity index (χ0n) is 24.9. The molecule has 1 spiro atoms. The fourth-order valence-electron chi connectivity index (χ4n) is 7.78. The summed E-state index contributed by atoms with van der Waals surface area (Å²) in [5, 5.41) is 10.9. The van der Waals surface area contributed by atoms with E-state index >= 15 is 0 Å². The van der Waals surface area contributed by atoms with Gasteiger partial charge in [-0.15, -0.1) is 0 Å². The van der Waals surface area contributed by atoms with E-state index in [1.807, 2.05) is 48.5 Å². The second-order valence-electron chi connectivity index (χ2n) is 13.1. The molecule has 0 atom stereocenters. The van der Waals surface area contributed by atoms with E-state index in [0.29, 0.717) is 0 Å². The van der Waals surface area contributed by atoms with Crippen LogP contribution < -0.4 is 0 Å². The average Bonchev–Trinajstić information content (AvgIpc) is 3.46. The number of allylic oxidation sites excluding steroid dienone is 3. The smallest absolute Gasteiger partial charge is 0.445 e. The van der Waals surface area contributed by atoms with Crippen LogP contribution in [0.2, 0.25) is 0 Å². The van der Waals surface area contributed by atoms with Gasteiger partial charge in [-0.25, -0.2) is 0 Å². The van der Waals surface area contributed by atoms with Crippen molar-refractivity contribution in [2.24, 2.45) is 0 Å². The first-order valence-corrected chi connectivity index (χ1v) is 15.1. The molecule has 2 bridgehead atoms. The topological polar surface area (TPSA) is 38.7 Å². The van der Waals surface area contributed by atoms with Gasteiger partial charge in [-0.05, 0) is 78.7 Å². The lowest BCUT2D eigenvalue weighted by atomic mass is 9.28. The molecule has 2 aliphatic heterocycles. The van der Waals surface area contributed by atoms with Crippen molar-refractivity contribution in [2.75, 3.05) is 0 Å². The molecular formula is C38H32B2O3. The number of benzene rings is 4. The Morgan fingerprint density at radius 1 is 0.581 bits per heavy atom. The Balaban J connectivity index is 1.53. The van der Waals surface area contributed by atoms with Crippen LogP contribution in [0.4, 0.5) is 0 Å². The Bertz CT molecular complexity index is 1850. The third-order valence-corrected chi connectivity index (χ3v) is 10.5. The summed E-state index contributed by atoms with van der Waals surface area (Å²) in [7, 11) is -0.642. The summed E-state index contributed by atoms with van der Waals surface area (Å²) in [6.45, 7) is 7.61. The summed E-state index contributed by atoms with van der Waals surface area (Å²) in [5.74, 6) is 7.20. The monoisotopic (exact) mass is 558 g/mol. The van der Waals surface area contributed by atoms with Crippen molar-refractivity contribution in [1.82, 2.24) is 0 Å². The van der Waals surface area contributed by atoms with Gasteiger partial charge in [0.1, 0.15) is 0 Å². The van der Waals surface area contributed by atoms with Crippen LogP contribution in [0, 0.1) is 11.8 Å². The van der Waals surface area contributed by atoms with Gasteiger partial charge in [0.2, 0.25) is 0 Å². The number of hydrogen-bond donors (Lipinski definition) is 1. The molecule has 0 aromatic heterocycles. The quantitative estimate of drug-likeness (QED) is 0.219. The van der Waals surface area contributed by atoms with Crippen molar-refractivity contribution in [3.8, 4) is 11.8 Å². The normalized spacial score (nSPS) is 25.5. The Kier molecular flexibility index (Phi) is 5.54. The predicted molar refractivity (Wildman–Crippen MR) is 173 cm³/mol. The van der Waals surface area contributed by atoms with Gasteiger partial charge in [-0.2, -0.15) is 0 Å². The van der Waals surface area contributed by atoms with E-state index in [-0.39, 0.29) is 0 Å². The van der Waals surface area contributed by atoms with Crippen LogP contribution in [0.25, 0.3) is 5.47 Å².